The first-order valence-corrected chi connectivity index (χ1v) is 5.07. The lowest BCUT2D eigenvalue weighted by Gasteiger charge is -2.07. The van der Waals surface area contributed by atoms with Gasteiger partial charge < -0.3 is 15.5 Å². The first-order chi connectivity index (χ1) is 8.22. The molecule has 3 N–H and O–H groups in total. The van der Waals surface area contributed by atoms with E-state index in [1.807, 2.05) is 0 Å². The lowest BCUT2D eigenvalue weighted by molar-refractivity contribution is 0.0803. The second-order valence-corrected chi connectivity index (χ2v) is 3.51. The predicted molar refractivity (Wildman–Crippen MR) is 58.4 cm³/mol. The summed E-state index contributed by atoms with van der Waals surface area (Å²) in [5, 5.41) is 24.2. The van der Waals surface area contributed by atoms with E-state index in [1.165, 1.54) is 16.9 Å². The maximum absolute atomic E-state index is 11.8. The van der Waals surface area contributed by atoms with Crippen molar-refractivity contribution in [2.45, 2.75) is 6.10 Å². The number of rotatable bonds is 4. The van der Waals surface area contributed by atoms with Gasteiger partial charge in [0.05, 0.1) is 36.2 Å². The first-order valence-electron chi connectivity index (χ1n) is 5.07. The summed E-state index contributed by atoms with van der Waals surface area (Å²) >= 11 is 0. The minimum absolute atomic E-state index is 0.00701. The molecule has 17 heavy (non-hydrogen) atoms. The second kappa shape index (κ2) is 4.89. The molecular weight excluding hydrogens is 224 g/mol. The SMILES string of the molecule is O=C(NCC(O)CO)c1cnn2ccncc12. The smallest absolute Gasteiger partial charge is 0.255 e. The number of carbonyl (C=O) groups excluding carboxylic acids is 1. The van der Waals surface area contributed by atoms with Gasteiger partial charge in [0.1, 0.15) is 0 Å². The van der Waals surface area contributed by atoms with Gasteiger partial charge in [-0.2, -0.15) is 5.10 Å². The molecule has 90 valence electrons. The number of hydrogen-bond acceptors (Lipinski definition) is 5. The maximum Gasteiger partial charge on any atom is 0.255 e. The molecule has 7 heteroatoms. The Morgan fingerprint density at radius 2 is 2.35 bits per heavy atom. The Balaban J connectivity index is 2.14. The van der Waals surface area contributed by atoms with Crippen LogP contribution in [0.5, 0.6) is 0 Å². The number of amides is 1. The fourth-order valence-corrected chi connectivity index (χ4v) is 1.38. The number of carbonyl (C=O) groups is 1. The third-order valence-electron chi connectivity index (χ3n) is 2.28. The molecule has 1 unspecified atom stereocenters. The highest BCUT2D eigenvalue weighted by molar-refractivity contribution is 6.00. The van der Waals surface area contributed by atoms with Crippen molar-refractivity contribution in [1.82, 2.24) is 19.9 Å². The first kappa shape index (κ1) is 11.5. The minimum Gasteiger partial charge on any atom is -0.394 e. The van der Waals surface area contributed by atoms with Crippen LogP contribution in [0.25, 0.3) is 5.52 Å². The molecule has 7 nitrogen and oxygen atoms in total. The zero-order valence-electron chi connectivity index (χ0n) is 8.95. The predicted octanol–water partition coefficient (Wildman–Crippen LogP) is -1.19. The van der Waals surface area contributed by atoms with Crippen molar-refractivity contribution in [3.63, 3.8) is 0 Å². The summed E-state index contributed by atoms with van der Waals surface area (Å²) in [7, 11) is 0. The molecule has 0 aliphatic heterocycles. The molecule has 0 aromatic carbocycles. The molecule has 0 fully saturated rings. The Kier molecular flexibility index (Phi) is 3.31. The number of fused-ring (bicyclic) bond motifs is 1. The molecule has 2 heterocycles. The fraction of sp³-hybridized carbons (Fsp3) is 0.300. The molecular formula is C10H12N4O3. The molecule has 0 bridgehead atoms. The summed E-state index contributed by atoms with van der Waals surface area (Å²) in [6.45, 7) is -0.399. The van der Waals surface area contributed by atoms with Gasteiger partial charge in [0, 0.05) is 18.9 Å². The van der Waals surface area contributed by atoms with Crippen molar-refractivity contribution in [3.05, 3.63) is 30.4 Å². The molecule has 1 atom stereocenters. The number of aliphatic hydroxyl groups is 2. The van der Waals surface area contributed by atoms with E-state index in [2.05, 4.69) is 15.4 Å². The number of nitrogens with zero attached hydrogens (tertiary/aromatic N) is 3. The van der Waals surface area contributed by atoms with Gasteiger partial charge in [-0.05, 0) is 0 Å². The highest BCUT2D eigenvalue weighted by Gasteiger charge is 2.13. The average molecular weight is 236 g/mol. The van der Waals surface area contributed by atoms with E-state index in [-0.39, 0.29) is 12.5 Å². The lowest BCUT2D eigenvalue weighted by atomic mass is 10.2. The highest BCUT2D eigenvalue weighted by Crippen LogP contribution is 2.07. The van der Waals surface area contributed by atoms with E-state index in [1.54, 1.807) is 12.4 Å². The Morgan fingerprint density at radius 3 is 3.12 bits per heavy atom. The van der Waals surface area contributed by atoms with Crippen molar-refractivity contribution in [2.24, 2.45) is 0 Å². The van der Waals surface area contributed by atoms with Crippen LogP contribution in [0.1, 0.15) is 10.4 Å². The Morgan fingerprint density at radius 1 is 1.53 bits per heavy atom. The lowest BCUT2D eigenvalue weighted by Crippen LogP contribution is -2.33. The Hall–Kier alpha value is -1.99. The van der Waals surface area contributed by atoms with Crippen molar-refractivity contribution < 1.29 is 15.0 Å². The van der Waals surface area contributed by atoms with Crippen LogP contribution in [-0.4, -0.2) is 50.0 Å². The maximum atomic E-state index is 11.8. The number of aliphatic hydroxyl groups excluding tert-OH is 2. The van der Waals surface area contributed by atoms with Crippen molar-refractivity contribution in [2.75, 3.05) is 13.2 Å². The van der Waals surface area contributed by atoms with Crippen molar-refractivity contribution in [3.8, 4) is 0 Å². The van der Waals surface area contributed by atoms with E-state index in [4.69, 9.17) is 10.2 Å². The Bertz CT molecular complexity index is 525. The van der Waals surface area contributed by atoms with Crippen LogP contribution in [0.15, 0.2) is 24.8 Å². The van der Waals surface area contributed by atoms with E-state index >= 15 is 0 Å². The molecule has 0 radical (unpaired) electrons. The molecule has 0 spiro atoms. The molecule has 0 saturated heterocycles. The van der Waals surface area contributed by atoms with E-state index in [9.17, 15) is 4.79 Å². The van der Waals surface area contributed by atoms with Crippen molar-refractivity contribution >= 4 is 11.4 Å². The van der Waals surface area contributed by atoms with E-state index in [0.29, 0.717) is 11.1 Å². The molecule has 0 aliphatic carbocycles. The van der Waals surface area contributed by atoms with Crippen LogP contribution >= 0.6 is 0 Å². The zero-order chi connectivity index (χ0) is 12.3. The summed E-state index contributed by atoms with van der Waals surface area (Å²) in [6.07, 6.45) is 5.20. The van der Waals surface area contributed by atoms with Crippen LogP contribution < -0.4 is 5.32 Å². The highest BCUT2D eigenvalue weighted by atomic mass is 16.3. The molecule has 2 rings (SSSR count). The van der Waals surface area contributed by atoms with Crippen LogP contribution in [-0.2, 0) is 0 Å². The fourth-order valence-electron chi connectivity index (χ4n) is 1.38. The van der Waals surface area contributed by atoms with Gasteiger partial charge in [-0.25, -0.2) is 4.52 Å². The van der Waals surface area contributed by atoms with Gasteiger partial charge in [0.15, 0.2) is 0 Å². The molecule has 2 aromatic rings. The topological polar surface area (TPSA) is 99.8 Å². The van der Waals surface area contributed by atoms with E-state index in [0.717, 1.165) is 0 Å². The molecule has 2 aromatic heterocycles. The van der Waals surface area contributed by atoms with Crippen LogP contribution in [0.4, 0.5) is 0 Å². The molecule has 0 saturated carbocycles. The zero-order valence-corrected chi connectivity index (χ0v) is 8.95. The second-order valence-electron chi connectivity index (χ2n) is 3.51. The monoisotopic (exact) mass is 236 g/mol. The molecule has 1 amide bonds. The third-order valence-corrected chi connectivity index (χ3v) is 2.28. The summed E-state index contributed by atoms with van der Waals surface area (Å²) in [4.78, 5) is 15.7. The molecule has 0 aliphatic rings. The largest absolute Gasteiger partial charge is 0.394 e. The number of aromatic nitrogens is 3. The van der Waals surface area contributed by atoms with Crippen LogP contribution in [0.3, 0.4) is 0 Å². The Labute approximate surface area is 96.7 Å². The number of hydrogen-bond donors (Lipinski definition) is 3. The minimum atomic E-state index is -0.959. The van der Waals surface area contributed by atoms with Gasteiger partial charge in [0.25, 0.3) is 5.91 Å². The average Bonchev–Trinajstić information content (AvgIpc) is 2.79. The third kappa shape index (κ3) is 2.40. The van der Waals surface area contributed by atoms with Crippen LogP contribution in [0.2, 0.25) is 0 Å². The summed E-state index contributed by atoms with van der Waals surface area (Å²) in [6, 6.07) is 0. The van der Waals surface area contributed by atoms with Gasteiger partial charge in [-0.3, -0.25) is 9.78 Å². The summed E-state index contributed by atoms with van der Waals surface area (Å²) < 4.78 is 1.53. The van der Waals surface area contributed by atoms with Gasteiger partial charge in [0.2, 0.25) is 0 Å². The standard InChI is InChI=1S/C10H12N4O3/c15-6-7(16)3-12-10(17)8-4-13-14-2-1-11-5-9(8)14/h1-2,4-5,7,15-16H,3,6H2,(H,12,17). The van der Waals surface area contributed by atoms with Gasteiger partial charge in [-0.1, -0.05) is 0 Å². The van der Waals surface area contributed by atoms with Gasteiger partial charge in [-0.15, -0.1) is 0 Å². The normalized spacial score (nSPS) is 12.6. The summed E-state index contributed by atoms with van der Waals surface area (Å²) in [5.41, 5.74) is 0.965. The van der Waals surface area contributed by atoms with Gasteiger partial charge >= 0.3 is 0 Å². The van der Waals surface area contributed by atoms with E-state index < -0.39 is 12.7 Å². The van der Waals surface area contributed by atoms with Crippen molar-refractivity contribution in [1.29, 1.82) is 0 Å². The summed E-state index contributed by atoms with van der Waals surface area (Å²) in [5.74, 6) is -0.361. The van der Waals surface area contributed by atoms with Crippen LogP contribution in [0, 0.1) is 0 Å². The quantitative estimate of drug-likeness (QED) is 0.620. The number of nitrogens with one attached hydrogen (secondary N) is 1.